The van der Waals surface area contributed by atoms with Crippen LogP contribution in [-0.4, -0.2) is 6.36 Å². The van der Waals surface area contributed by atoms with Crippen LogP contribution < -0.4 is 10.5 Å². The molecule has 21 heavy (non-hydrogen) atoms. The van der Waals surface area contributed by atoms with Crippen LogP contribution in [0.5, 0.6) is 5.75 Å². The second kappa shape index (κ2) is 6.83. The van der Waals surface area contributed by atoms with Crippen molar-refractivity contribution >= 4 is 12.4 Å². The van der Waals surface area contributed by atoms with Crippen LogP contribution in [0.3, 0.4) is 0 Å². The lowest BCUT2D eigenvalue weighted by molar-refractivity contribution is -0.274. The van der Waals surface area contributed by atoms with Gasteiger partial charge >= 0.3 is 6.36 Å². The average Bonchev–Trinajstić information content (AvgIpc) is 2.37. The molecule has 0 radical (unpaired) electrons. The van der Waals surface area contributed by atoms with E-state index in [0.29, 0.717) is 11.1 Å². The number of para-hydroxylation sites is 1. The van der Waals surface area contributed by atoms with Crippen molar-refractivity contribution in [3.05, 3.63) is 54.1 Å². The highest BCUT2D eigenvalue weighted by Crippen LogP contribution is 2.34. The fourth-order valence-corrected chi connectivity index (χ4v) is 1.91. The van der Waals surface area contributed by atoms with E-state index in [9.17, 15) is 13.2 Å². The Hall–Kier alpha value is -1.72. The van der Waals surface area contributed by atoms with Gasteiger partial charge in [-0.15, -0.1) is 25.6 Å². The maximum Gasteiger partial charge on any atom is 0.573 e. The van der Waals surface area contributed by atoms with Gasteiger partial charge in [0.05, 0.1) is 0 Å². The Morgan fingerprint density at radius 3 is 2.33 bits per heavy atom. The van der Waals surface area contributed by atoms with Crippen molar-refractivity contribution in [1.82, 2.24) is 0 Å². The van der Waals surface area contributed by atoms with E-state index in [-0.39, 0.29) is 24.2 Å². The number of nitrogens with two attached hydrogens (primary N) is 1. The molecule has 0 aromatic heterocycles. The average molecular weight is 318 g/mol. The number of hydrogen-bond acceptors (Lipinski definition) is 2. The van der Waals surface area contributed by atoms with E-state index < -0.39 is 6.36 Å². The summed E-state index contributed by atoms with van der Waals surface area (Å²) in [6.07, 6.45) is -4.71. The van der Waals surface area contributed by atoms with Gasteiger partial charge in [-0.05, 0) is 30.2 Å². The standard InChI is InChI=1S/C15H14F3NO.ClH/c1-10(19)11-5-4-6-12(9-11)13-7-2-3-8-14(13)20-15(16,17)18;/h2-10H,19H2,1H3;1H/t10-;/m0./s1. The van der Waals surface area contributed by atoms with Gasteiger partial charge in [-0.3, -0.25) is 0 Å². The highest BCUT2D eigenvalue weighted by atomic mass is 35.5. The zero-order valence-electron chi connectivity index (χ0n) is 11.2. The molecule has 2 rings (SSSR count). The number of benzene rings is 2. The summed E-state index contributed by atoms with van der Waals surface area (Å²) in [5.41, 5.74) is 7.66. The van der Waals surface area contributed by atoms with E-state index in [1.54, 1.807) is 30.3 Å². The van der Waals surface area contributed by atoms with Gasteiger partial charge in [0.1, 0.15) is 5.75 Å². The van der Waals surface area contributed by atoms with Crippen molar-refractivity contribution in [3.63, 3.8) is 0 Å². The molecule has 0 amide bonds. The molecule has 0 aliphatic rings. The second-order valence-electron chi connectivity index (χ2n) is 4.46. The topological polar surface area (TPSA) is 35.2 Å². The van der Waals surface area contributed by atoms with E-state index in [0.717, 1.165) is 5.56 Å². The minimum Gasteiger partial charge on any atom is -0.405 e. The monoisotopic (exact) mass is 317 g/mol. The molecule has 0 saturated heterocycles. The lowest BCUT2D eigenvalue weighted by Gasteiger charge is -2.14. The highest BCUT2D eigenvalue weighted by Gasteiger charge is 2.32. The van der Waals surface area contributed by atoms with Gasteiger partial charge in [-0.1, -0.05) is 36.4 Å². The summed E-state index contributed by atoms with van der Waals surface area (Å²) < 4.78 is 41.3. The Morgan fingerprint density at radius 2 is 1.71 bits per heavy atom. The van der Waals surface area contributed by atoms with Gasteiger partial charge in [0, 0.05) is 11.6 Å². The van der Waals surface area contributed by atoms with E-state index in [2.05, 4.69) is 4.74 Å². The van der Waals surface area contributed by atoms with Crippen molar-refractivity contribution < 1.29 is 17.9 Å². The first-order valence-corrected chi connectivity index (χ1v) is 6.07. The van der Waals surface area contributed by atoms with E-state index >= 15 is 0 Å². The molecule has 0 aliphatic heterocycles. The Morgan fingerprint density at radius 1 is 1.05 bits per heavy atom. The molecule has 6 heteroatoms. The molecule has 0 spiro atoms. The summed E-state index contributed by atoms with van der Waals surface area (Å²) in [6, 6.07) is 12.9. The van der Waals surface area contributed by atoms with Crippen LogP contribution in [0.2, 0.25) is 0 Å². The molecule has 0 saturated carbocycles. The normalized spacial score (nSPS) is 12.4. The van der Waals surface area contributed by atoms with E-state index in [1.165, 1.54) is 12.1 Å². The van der Waals surface area contributed by atoms with Gasteiger partial charge < -0.3 is 10.5 Å². The molecule has 114 valence electrons. The first kappa shape index (κ1) is 17.3. The van der Waals surface area contributed by atoms with Crippen LogP contribution in [-0.2, 0) is 0 Å². The zero-order valence-corrected chi connectivity index (χ0v) is 12.0. The predicted octanol–water partition coefficient (Wildman–Crippen LogP) is 4.69. The lowest BCUT2D eigenvalue weighted by Crippen LogP contribution is -2.17. The van der Waals surface area contributed by atoms with Crippen molar-refractivity contribution in [1.29, 1.82) is 0 Å². The third-order valence-corrected chi connectivity index (χ3v) is 2.84. The number of rotatable bonds is 3. The molecule has 0 heterocycles. The van der Waals surface area contributed by atoms with Crippen LogP contribution >= 0.6 is 12.4 Å². The van der Waals surface area contributed by atoms with Crippen LogP contribution in [0, 0.1) is 0 Å². The molecule has 2 nitrogen and oxygen atoms in total. The minimum atomic E-state index is -4.71. The summed E-state index contributed by atoms with van der Waals surface area (Å²) in [5.74, 6) is -0.221. The molecule has 1 atom stereocenters. The lowest BCUT2D eigenvalue weighted by atomic mass is 10.00. The summed E-state index contributed by atoms with van der Waals surface area (Å²) in [4.78, 5) is 0. The summed E-state index contributed by atoms with van der Waals surface area (Å²) in [7, 11) is 0. The van der Waals surface area contributed by atoms with Gasteiger partial charge in [0.2, 0.25) is 0 Å². The van der Waals surface area contributed by atoms with Gasteiger partial charge in [0.25, 0.3) is 0 Å². The third-order valence-electron chi connectivity index (χ3n) is 2.84. The van der Waals surface area contributed by atoms with Gasteiger partial charge in [0.15, 0.2) is 0 Å². The van der Waals surface area contributed by atoms with Gasteiger partial charge in [-0.25, -0.2) is 0 Å². The predicted molar refractivity (Wildman–Crippen MR) is 78.4 cm³/mol. The fourth-order valence-electron chi connectivity index (χ4n) is 1.91. The first-order chi connectivity index (χ1) is 9.37. The fraction of sp³-hybridized carbons (Fsp3) is 0.200. The van der Waals surface area contributed by atoms with Crippen molar-refractivity contribution in [3.8, 4) is 16.9 Å². The second-order valence-corrected chi connectivity index (χ2v) is 4.46. The molecular weight excluding hydrogens is 303 g/mol. The summed E-state index contributed by atoms with van der Waals surface area (Å²) >= 11 is 0. The molecule has 0 fully saturated rings. The van der Waals surface area contributed by atoms with E-state index in [1.807, 2.05) is 13.0 Å². The molecule has 2 N–H and O–H groups in total. The highest BCUT2D eigenvalue weighted by molar-refractivity contribution is 5.85. The Balaban J connectivity index is 0.00000220. The molecular formula is C15H15ClF3NO. The summed E-state index contributed by atoms with van der Waals surface area (Å²) in [6.45, 7) is 1.82. The van der Waals surface area contributed by atoms with Crippen LogP contribution in [0.1, 0.15) is 18.5 Å². The quantitative estimate of drug-likeness (QED) is 0.891. The number of ether oxygens (including phenoxy) is 1. The van der Waals surface area contributed by atoms with Crippen molar-refractivity contribution in [2.45, 2.75) is 19.3 Å². The minimum absolute atomic E-state index is 0. The first-order valence-electron chi connectivity index (χ1n) is 6.07. The van der Waals surface area contributed by atoms with Crippen molar-refractivity contribution in [2.75, 3.05) is 0 Å². The maximum atomic E-state index is 12.4. The summed E-state index contributed by atoms with van der Waals surface area (Å²) in [5, 5.41) is 0. The molecule has 0 bridgehead atoms. The molecule has 2 aromatic rings. The largest absolute Gasteiger partial charge is 0.573 e. The number of hydrogen-bond donors (Lipinski definition) is 1. The smallest absolute Gasteiger partial charge is 0.405 e. The van der Waals surface area contributed by atoms with Crippen molar-refractivity contribution in [2.24, 2.45) is 5.73 Å². The molecule has 2 aromatic carbocycles. The molecule has 0 unspecified atom stereocenters. The Kier molecular flexibility index (Phi) is 5.63. The Bertz CT molecular complexity index is 599. The van der Waals surface area contributed by atoms with Gasteiger partial charge in [-0.2, -0.15) is 0 Å². The van der Waals surface area contributed by atoms with E-state index in [4.69, 9.17) is 5.73 Å². The molecule has 0 aliphatic carbocycles. The van der Waals surface area contributed by atoms with Crippen LogP contribution in [0.15, 0.2) is 48.5 Å². The Labute approximate surface area is 127 Å². The number of alkyl halides is 3. The number of halogens is 4. The zero-order chi connectivity index (χ0) is 14.8. The van der Waals surface area contributed by atoms with Crippen LogP contribution in [0.25, 0.3) is 11.1 Å². The van der Waals surface area contributed by atoms with Crippen LogP contribution in [0.4, 0.5) is 13.2 Å². The third kappa shape index (κ3) is 4.65. The SMILES string of the molecule is C[C@H](N)c1cccc(-c2ccccc2OC(F)(F)F)c1.Cl. The maximum absolute atomic E-state index is 12.4.